The molecule has 0 aromatic heterocycles. The number of methoxy groups -OCH3 is 1. The van der Waals surface area contributed by atoms with E-state index in [1.165, 1.54) is 25.3 Å². The normalized spacial score (nSPS) is 21.3. The first kappa shape index (κ1) is 24.6. The monoisotopic (exact) mass is 466 g/mol. The van der Waals surface area contributed by atoms with E-state index in [4.69, 9.17) is 9.47 Å². The van der Waals surface area contributed by atoms with Gasteiger partial charge in [0.05, 0.1) is 13.2 Å². The number of hydrogen-bond donors (Lipinski definition) is 1. The average Bonchev–Trinajstić information content (AvgIpc) is 3.34. The van der Waals surface area contributed by atoms with E-state index in [1.54, 1.807) is 14.0 Å². The number of piperazine rings is 1. The van der Waals surface area contributed by atoms with Crippen molar-refractivity contribution in [2.24, 2.45) is 0 Å². The van der Waals surface area contributed by atoms with Gasteiger partial charge in [-0.25, -0.2) is 0 Å². The number of aliphatic hydroxyl groups is 1. The predicted octanol–water partition coefficient (Wildman–Crippen LogP) is 4.09. The maximum absolute atomic E-state index is 12.0. The summed E-state index contributed by atoms with van der Waals surface area (Å²) in [6.07, 6.45) is 5.76. The Labute approximate surface area is 203 Å². The maximum atomic E-state index is 12.0. The zero-order valence-electron chi connectivity index (χ0n) is 20.7. The van der Waals surface area contributed by atoms with Crippen molar-refractivity contribution in [1.29, 1.82) is 0 Å². The van der Waals surface area contributed by atoms with E-state index in [9.17, 15) is 9.90 Å². The highest BCUT2D eigenvalue weighted by Crippen LogP contribution is 2.36. The van der Waals surface area contributed by atoms with Crippen LogP contribution in [-0.2, 0) is 11.2 Å². The quantitative estimate of drug-likeness (QED) is 0.601. The Bertz CT molecular complexity index is 956. The van der Waals surface area contributed by atoms with Crippen LogP contribution in [0.5, 0.6) is 11.5 Å². The topological polar surface area (TPSA) is 62.2 Å². The molecule has 0 spiro atoms. The summed E-state index contributed by atoms with van der Waals surface area (Å²) < 4.78 is 11.9. The molecule has 4 rings (SSSR count). The van der Waals surface area contributed by atoms with Crippen LogP contribution in [0.4, 0.5) is 5.69 Å². The molecule has 0 bridgehead atoms. The lowest BCUT2D eigenvalue weighted by atomic mass is 9.96. The summed E-state index contributed by atoms with van der Waals surface area (Å²) in [6.45, 7) is 5.81. The second kappa shape index (κ2) is 10.8. The molecule has 2 aliphatic rings. The van der Waals surface area contributed by atoms with Crippen molar-refractivity contribution in [3.8, 4) is 11.5 Å². The third kappa shape index (κ3) is 5.91. The number of rotatable bonds is 9. The van der Waals surface area contributed by atoms with Gasteiger partial charge in [-0.15, -0.1) is 0 Å². The Kier molecular flexibility index (Phi) is 7.79. The van der Waals surface area contributed by atoms with Gasteiger partial charge < -0.3 is 19.5 Å². The van der Waals surface area contributed by atoms with Crippen molar-refractivity contribution >= 4 is 11.5 Å². The first-order chi connectivity index (χ1) is 16.4. The molecule has 6 nitrogen and oxygen atoms in total. The van der Waals surface area contributed by atoms with Crippen molar-refractivity contribution in [3.63, 3.8) is 0 Å². The van der Waals surface area contributed by atoms with E-state index in [0.29, 0.717) is 6.54 Å². The minimum atomic E-state index is -1.35. The summed E-state index contributed by atoms with van der Waals surface area (Å²) in [4.78, 5) is 16.7. The van der Waals surface area contributed by atoms with Gasteiger partial charge in [-0.2, -0.15) is 0 Å². The van der Waals surface area contributed by atoms with Crippen molar-refractivity contribution in [2.75, 3.05) is 38.2 Å². The second-order valence-electron chi connectivity index (χ2n) is 9.95. The molecule has 1 aliphatic heterocycles. The van der Waals surface area contributed by atoms with Crippen LogP contribution in [0.15, 0.2) is 48.5 Å². The van der Waals surface area contributed by atoms with Crippen molar-refractivity contribution < 1.29 is 19.4 Å². The highest BCUT2D eigenvalue weighted by Gasteiger charge is 2.35. The van der Waals surface area contributed by atoms with Crippen LogP contribution in [0.2, 0.25) is 0 Å². The maximum Gasteiger partial charge on any atom is 0.163 e. The summed E-state index contributed by atoms with van der Waals surface area (Å²) >= 11 is 0. The van der Waals surface area contributed by atoms with Crippen LogP contribution in [0.3, 0.4) is 0 Å². The van der Waals surface area contributed by atoms with Crippen LogP contribution in [0, 0.1) is 0 Å². The number of nitrogens with zero attached hydrogens (tertiary/aromatic N) is 2. The van der Waals surface area contributed by atoms with E-state index in [1.807, 2.05) is 12.1 Å². The molecule has 2 fully saturated rings. The molecule has 2 aromatic carbocycles. The summed E-state index contributed by atoms with van der Waals surface area (Å²) in [5, 5.41) is 10.7. The van der Waals surface area contributed by atoms with E-state index < -0.39 is 5.60 Å². The lowest BCUT2D eigenvalue weighted by Gasteiger charge is -2.44. The molecule has 1 N–H and O–H groups in total. The van der Waals surface area contributed by atoms with Gasteiger partial charge in [-0.3, -0.25) is 9.69 Å². The van der Waals surface area contributed by atoms with Crippen molar-refractivity contribution in [3.05, 3.63) is 54.1 Å². The van der Waals surface area contributed by atoms with Crippen LogP contribution >= 0.6 is 0 Å². The van der Waals surface area contributed by atoms with Gasteiger partial charge in [0.2, 0.25) is 0 Å². The number of Topliss-reactive ketones (excluding diaryl/α,β-unsaturated/α-hetero) is 1. The zero-order chi connectivity index (χ0) is 24.1. The minimum Gasteiger partial charge on any atom is -0.493 e. The Balaban J connectivity index is 1.54. The number of benzene rings is 2. The fourth-order valence-electron chi connectivity index (χ4n) is 5.06. The lowest BCUT2D eigenvalue weighted by Crippen LogP contribution is -2.58. The number of anilines is 1. The summed E-state index contributed by atoms with van der Waals surface area (Å²) in [6, 6.07) is 16.8. The smallest absolute Gasteiger partial charge is 0.163 e. The third-order valence-corrected chi connectivity index (χ3v) is 7.30. The van der Waals surface area contributed by atoms with Gasteiger partial charge in [-0.05, 0) is 63.6 Å². The summed E-state index contributed by atoms with van der Waals surface area (Å²) in [5.41, 5.74) is 1.02. The second-order valence-corrected chi connectivity index (χ2v) is 9.95. The number of carbonyl (C=O) groups excluding carboxylic acids is 1. The number of carbonyl (C=O) groups is 1. The average molecular weight is 467 g/mol. The highest BCUT2D eigenvalue weighted by molar-refractivity contribution is 5.84. The van der Waals surface area contributed by atoms with Crippen molar-refractivity contribution in [1.82, 2.24) is 4.90 Å². The van der Waals surface area contributed by atoms with Gasteiger partial charge in [0.1, 0.15) is 5.60 Å². The van der Waals surface area contributed by atoms with Crippen LogP contribution in [0.25, 0.3) is 0 Å². The molecule has 1 heterocycles. The molecule has 0 radical (unpaired) electrons. The van der Waals surface area contributed by atoms with E-state index in [0.717, 1.165) is 56.1 Å². The van der Waals surface area contributed by atoms with Crippen LogP contribution < -0.4 is 14.4 Å². The molecular formula is C28H38N2O4. The first-order valence-electron chi connectivity index (χ1n) is 12.5. The molecule has 184 valence electrons. The predicted molar refractivity (Wildman–Crippen MR) is 135 cm³/mol. The Morgan fingerprint density at radius 2 is 1.82 bits per heavy atom. The summed E-state index contributed by atoms with van der Waals surface area (Å²) in [5.74, 6) is 1.39. The molecule has 0 amide bonds. The molecule has 1 saturated carbocycles. The molecular weight excluding hydrogens is 428 g/mol. The molecule has 1 saturated heterocycles. The molecule has 1 aliphatic carbocycles. The Morgan fingerprint density at radius 3 is 2.50 bits per heavy atom. The van der Waals surface area contributed by atoms with Crippen LogP contribution in [-0.4, -0.2) is 66.8 Å². The van der Waals surface area contributed by atoms with Gasteiger partial charge in [-0.1, -0.05) is 30.3 Å². The van der Waals surface area contributed by atoms with Gasteiger partial charge in [0.25, 0.3) is 0 Å². The number of β-amino-alcohol motifs (C(OH)–C–C–N with tert-alkyl or cyclic N) is 1. The van der Waals surface area contributed by atoms with Crippen molar-refractivity contribution in [2.45, 2.75) is 63.7 Å². The number of ether oxygens (including phenoxy) is 2. The molecule has 34 heavy (non-hydrogen) atoms. The summed E-state index contributed by atoms with van der Waals surface area (Å²) in [7, 11) is 1.69. The lowest BCUT2D eigenvalue weighted by molar-refractivity contribution is -0.135. The zero-order valence-corrected chi connectivity index (χ0v) is 20.7. The fourth-order valence-corrected chi connectivity index (χ4v) is 5.06. The van der Waals surface area contributed by atoms with Gasteiger partial charge in [0.15, 0.2) is 17.3 Å². The Hall–Kier alpha value is -2.57. The largest absolute Gasteiger partial charge is 0.493 e. The van der Waals surface area contributed by atoms with E-state index in [2.05, 4.69) is 46.2 Å². The first-order valence-corrected chi connectivity index (χ1v) is 12.5. The molecule has 2 atom stereocenters. The van der Waals surface area contributed by atoms with Gasteiger partial charge in [0, 0.05) is 44.0 Å². The molecule has 6 heteroatoms. The number of ketones is 1. The van der Waals surface area contributed by atoms with Gasteiger partial charge >= 0.3 is 0 Å². The molecule has 2 aromatic rings. The van der Waals surface area contributed by atoms with E-state index in [-0.39, 0.29) is 17.9 Å². The highest BCUT2D eigenvalue weighted by atomic mass is 16.5. The number of hydrogen-bond acceptors (Lipinski definition) is 6. The Morgan fingerprint density at radius 1 is 1.09 bits per heavy atom. The fraction of sp³-hybridized carbons (Fsp3) is 0.536. The minimum absolute atomic E-state index is 0.170. The third-order valence-electron chi connectivity index (χ3n) is 7.30. The van der Waals surface area contributed by atoms with Crippen LogP contribution in [0.1, 0.15) is 45.1 Å². The SMILES string of the molecule is COc1ccc(N2CCN(C[C@](C)(O)C(C)=O)C(Cc3ccccc3)C2)cc1OC1CCCC1. The standard InChI is InChI=1S/C28H38N2O4/c1-21(31)28(2,32)20-30-16-15-29(19-24(30)17-22-9-5-4-6-10-22)23-13-14-26(33-3)27(18-23)34-25-11-7-8-12-25/h4-6,9-10,13-14,18,24-25,32H,7-8,11-12,15-17,19-20H2,1-3H3/t24?,28-/m0/s1. The molecule has 1 unspecified atom stereocenters. The van der Waals surface area contributed by atoms with E-state index >= 15 is 0 Å².